The lowest BCUT2D eigenvalue weighted by molar-refractivity contribution is 0.512. The van der Waals surface area contributed by atoms with E-state index in [1.165, 1.54) is 0 Å². The van der Waals surface area contributed by atoms with Gasteiger partial charge < -0.3 is 4.42 Å². The number of rotatable bonds is 3. The number of hydrogen-bond acceptors (Lipinski definition) is 3. The molecule has 12 heavy (non-hydrogen) atoms. The molecule has 0 aliphatic rings. The van der Waals surface area contributed by atoms with Crippen LogP contribution in [0.2, 0.25) is 0 Å². The van der Waals surface area contributed by atoms with Gasteiger partial charge in [0.1, 0.15) is 0 Å². The number of nitrogens with two attached hydrogens (primary N) is 1. The van der Waals surface area contributed by atoms with Crippen molar-refractivity contribution in [2.75, 3.05) is 0 Å². The summed E-state index contributed by atoms with van der Waals surface area (Å²) >= 11 is 3.25. The number of hydrogen-bond donors (Lipinski definition) is 2. The minimum absolute atomic E-state index is 0.0527. The fraction of sp³-hybridized carbons (Fsp3) is 0.250. The van der Waals surface area contributed by atoms with Crippen LogP contribution in [0.3, 0.4) is 0 Å². The first-order valence-corrected chi connectivity index (χ1v) is 4.21. The molecule has 1 heterocycles. The summed E-state index contributed by atoms with van der Waals surface area (Å²) < 4.78 is 5.71. The topological polar surface area (TPSA) is 51.2 Å². The van der Waals surface area contributed by atoms with Gasteiger partial charge in [-0.05, 0) is 22.0 Å². The summed E-state index contributed by atoms with van der Waals surface area (Å²) in [5.41, 5.74) is 3.55. The van der Waals surface area contributed by atoms with E-state index in [1.54, 1.807) is 6.26 Å². The Morgan fingerprint density at radius 3 is 3.00 bits per heavy atom. The lowest BCUT2D eigenvalue weighted by Gasteiger charge is -2.10. The zero-order chi connectivity index (χ0) is 8.97. The average Bonchev–Trinajstić information content (AvgIpc) is 2.47. The van der Waals surface area contributed by atoms with Crippen LogP contribution in [-0.4, -0.2) is 0 Å². The van der Waals surface area contributed by atoms with Gasteiger partial charge in [-0.25, -0.2) is 0 Å². The Bertz CT molecular complexity index is 289. The number of halogens is 1. The second-order valence-corrected chi connectivity index (χ2v) is 3.00. The van der Waals surface area contributed by atoms with E-state index < -0.39 is 0 Å². The van der Waals surface area contributed by atoms with Crippen LogP contribution >= 0.6 is 15.9 Å². The van der Waals surface area contributed by atoms with Crippen LogP contribution in [0.1, 0.15) is 18.0 Å². The number of furan rings is 1. The number of nitrogens with one attached hydrogen (secondary N) is 1. The average molecular weight is 229 g/mol. The summed E-state index contributed by atoms with van der Waals surface area (Å²) in [6.07, 6.45) is 7.29. The van der Waals surface area contributed by atoms with Crippen LogP contribution in [-0.2, 0) is 0 Å². The molecule has 0 saturated heterocycles. The van der Waals surface area contributed by atoms with E-state index in [0.29, 0.717) is 11.1 Å². The highest BCUT2D eigenvalue weighted by molar-refractivity contribution is 9.10. The molecule has 3 nitrogen and oxygen atoms in total. The molecule has 0 bridgehead atoms. The summed E-state index contributed by atoms with van der Waals surface area (Å²) in [4.78, 5) is 0. The van der Waals surface area contributed by atoms with Crippen LogP contribution in [0.25, 0.3) is 0 Å². The first kappa shape index (κ1) is 9.33. The first-order chi connectivity index (χ1) is 5.79. The summed E-state index contributed by atoms with van der Waals surface area (Å²) in [5.74, 6) is 7.84. The molecule has 3 N–H and O–H groups in total. The van der Waals surface area contributed by atoms with Crippen LogP contribution in [0.4, 0.5) is 0 Å². The molecule has 0 spiro atoms. The number of terminal acetylenes is 1. The molecular formula is C8H9BrN2O. The van der Waals surface area contributed by atoms with Crippen LogP contribution in [0.15, 0.2) is 21.4 Å². The first-order valence-electron chi connectivity index (χ1n) is 3.42. The van der Waals surface area contributed by atoms with Crippen molar-refractivity contribution in [1.82, 2.24) is 5.43 Å². The Balaban J connectivity index is 2.81. The van der Waals surface area contributed by atoms with Gasteiger partial charge in [0.25, 0.3) is 0 Å². The second kappa shape index (κ2) is 4.31. The quantitative estimate of drug-likeness (QED) is 0.470. The van der Waals surface area contributed by atoms with Crippen molar-refractivity contribution >= 4 is 15.9 Å². The van der Waals surface area contributed by atoms with Gasteiger partial charge in [-0.2, -0.15) is 0 Å². The van der Waals surface area contributed by atoms with Gasteiger partial charge in [0, 0.05) is 12.0 Å². The summed E-state index contributed by atoms with van der Waals surface area (Å²) in [7, 11) is 0. The molecule has 0 fully saturated rings. The lowest BCUT2D eigenvalue weighted by Crippen LogP contribution is -2.27. The van der Waals surface area contributed by atoms with Crippen molar-refractivity contribution in [3.05, 3.63) is 22.6 Å². The summed E-state index contributed by atoms with van der Waals surface area (Å²) in [5, 5.41) is 0. The maximum atomic E-state index is 5.31. The minimum atomic E-state index is -0.0527. The molecule has 1 rings (SSSR count). The van der Waals surface area contributed by atoms with Gasteiger partial charge in [-0.1, -0.05) is 0 Å². The minimum Gasteiger partial charge on any atom is -0.457 e. The second-order valence-electron chi connectivity index (χ2n) is 2.28. The molecule has 1 unspecified atom stereocenters. The van der Waals surface area contributed by atoms with Crippen molar-refractivity contribution in [3.8, 4) is 12.3 Å². The highest BCUT2D eigenvalue weighted by Crippen LogP contribution is 2.25. The van der Waals surface area contributed by atoms with E-state index in [2.05, 4.69) is 27.3 Å². The third-order valence-electron chi connectivity index (χ3n) is 1.54. The van der Waals surface area contributed by atoms with Crippen LogP contribution < -0.4 is 11.3 Å². The maximum absolute atomic E-state index is 5.31. The maximum Gasteiger partial charge on any atom is 0.173 e. The molecule has 64 valence electrons. The van der Waals surface area contributed by atoms with E-state index in [9.17, 15) is 0 Å². The molecule has 0 saturated carbocycles. The Kier molecular flexibility index (Phi) is 3.35. The van der Waals surface area contributed by atoms with Crippen molar-refractivity contribution in [2.24, 2.45) is 5.84 Å². The Morgan fingerprint density at radius 2 is 2.58 bits per heavy atom. The van der Waals surface area contributed by atoms with E-state index in [1.807, 2.05) is 6.07 Å². The van der Waals surface area contributed by atoms with Crippen LogP contribution in [0.5, 0.6) is 0 Å². The Labute approximate surface area is 79.4 Å². The molecular weight excluding hydrogens is 220 g/mol. The SMILES string of the molecule is C#CCC(NN)c1ccoc1Br. The highest BCUT2D eigenvalue weighted by Gasteiger charge is 2.13. The van der Waals surface area contributed by atoms with Crippen LogP contribution in [0, 0.1) is 12.3 Å². The van der Waals surface area contributed by atoms with Gasteiger partial charge in [0.2, 0.25) is 0 Å². The van der Waals surface area contributed by atoms with Crippen molar-refractivity contribution < 1.29 is 4.42 Å². The lowest BCUT2D eigenvalue weighted by atomic mass is 10.1. The van der Waals surface area contributed by atoms with Crippen molar-refractivity contribution in [3.63, 3.8) is 0 Å². The van der Waals surface area contributed by atoms with E-state index in [-0.39, 0.29) is 6.04 Å². The van der Waals surface area contributed by atoms with Crippen molar-refractivity contribution in [1.29, 1.82) is 0 Å². The summed E-state index contributed by atoms with van der Waals surface area (Å²) in [6, 6.07) is 1.77. The van der Waals surface area contributed by atoms with E-state index >= 15 is 0 Å². The Morgan fingerprint density at radius 1 is 1.83 bits per heavy atom. The van der Waals surface area contributed by atoms with Gasteiger partial charge in [0.15, 0.2) is 4.67 Å². The molecule has 1 aromatic heterocycles. The predicted octanol–water partition coefficient (Wildman–Crippen LogP) is 1.57. The zero-order valence-electron chi connectivity index (χ0n) is 6.38. The van der Waals surface area contributed by atoms with Gasteiger partial charge in [0.05, 0.1) is 12.3 Å². The smallest absolute Gasteiger partial charge is 0.173 e. The largest absolute Gasteiger partial charge is 0.457 e. The van der Waals surface area contributed by atoms with Gasteiger partial charge >= 0.3 is 0 Å². The highest BCUT2D eigenvalue weighted by atomic mass is 79.9. The zero-order valence-corrected chi connectivity index (χ0v) is 7.97. The standard InChI is InChI=1S/C8H9BrN2O/c1-2-3-7(11-10)6-4-5-12-8(6)9/h1,4-5,7,11H,3,10H2. The fourth-order valence-electron chi connectivity index (χ4n) is 0.930. The fourth-order valence-corrected chi connectivity index (χ4v) is 1.45. The molecule has 0 aliphatic carbocycles. The third-order valence-corrected chi connectivity index (χ3v) is 2.19. The molecule has 4 heteroatoms. The van der Waals surface area contributed by atoms with Crippen molar-refractivity contribution in [2.45, 2.75) is 12.5 Å². The normalized spacial score (nSPS) is 12.4. The van der Waals surface area contributed by atoms with Gasteiger partial charge in [-0.3, -0.25) is 11.3 Å². The molecule has 0 radical (unpaired) electrons. The molecule has 0 aromatic carbocycles. The van der Waals surface area contributed by atoms with E-state index in [0.717, 1.165) is 5.56 Å². The van der Waals surface area contributed by atoms with Gasteiger partial charge in [-0.15, -0.1) is 12.3 Å². The number of hydrazine groups is 1. The Hall–Kier alpha value is -0.760. The summed E-state index contributed by atoms with van der Waals surface area (Å²) in [6.45, 7) is 0. The predicted molar refractivity (Wildman–Crippen MR) is 49.9 cm³/mol. The van der Waals surface area contributed by atoms with E-state index in [4.69, 9.17) is 16.7 Å². The molecule has 0 amide bonds. The third kappa shape index (κ3) is 1.89. The molecule has 1 atom stereocenters. The molecule has 1 aromatic rings. The monoisotopic (exact) mass is 228 g/mol. The molecule has 0 aliphatic heterocycles.